The molecule has 1 fully saturated rings. The number of unbranched alkanes of at least 4 members (excludes halogenated alkanes) is 3. The lowest BCUT2D eigenvalue weighted by molar-refractivity contribution is 0.0351. The van der Waals surface area contributed by atoms with Crippen molar-refractivity contribution in [3.63, 3.8) is 0 Å². The Hall–Kier alpha value is -1.70. The molecule has 6 nitrogen and oxygen atoms in total. The third-order valence-electron chi connectivity index (χ3n) is 4.87. The fourth-order valence-electron chi connectivity index (χ4n) is 3.23. The van der Waals surface area contributed by atoms with Gasteiger partial charge in [-0.2, -0.15) is 0 Å². The molecule has 0 atom stereocenters. The summed E-state index contributed by atoms with van der Waals surface area (Å²) >= 11 is 1.52. The molecule has 1 aliphatic heterocycles. The second kappa shape index (κ2) is 10.6. The molecule has 0 aliphatic carbocycles. The fourth-order valence-corrected chi connectivity index (χ4v) is 4.08. The molecule has 0 bridgehead atoms. The van der Waals surface area contributed by atoms with Crippen molar-refractivity contribution in [3.8, 4) is 0 Å². The molecule has 1 aromatic carbocycles. The molecule has 1 aliphatic rings. The number of hydrogen-bond donors (Lipinski definition) is 1. The predicted octanol–water partition coefficient (Wildman–Crippen LogP) is 4.04. The highest BCUT2D eigenvalue weighted by molar-refractivity contribution is 7.22. The van der Waals surface area contributed by atoms with Gasteiger partial charge in [-0.05, 0) is 18.6 Å². The molecule has 2 amide bonds. The molecule has 2 aromatic rings. The number of benzene rings is 1. The van der Waals surface area contributed by atoms with Gasteiger partial charge in [-0.3, -0.25) is 10.2 Å². The summed E-state index contributed by atoms with van der Waals surface area (Å²) in [6.45, 7) is 8.10. The van der Waals surface area contributed by atoms with Crippen LogP contribution in [0.3, 0.4) is 0 Å². The molecule has 27 heavy (non-hydrogen) atoms. The summed E-state index contributed by atoms with van der Waals surface area (Å²) in [6.07, 6.45) is 4.63. The van der Waals surface area contributed by atoms with Gasteiger partial charge in [-0.15, -0.1) is 0 Å². The van der Waals surface area contributed by atoms with Gasteiger partial charge in [0.2, 0.25) is 0 Å². The van der Waals surface area contributed by atoms with Crippen LogP contribution in [0.15, 0.2) is 24.3 Å². The number of urea groups is 1. The molecule has 0 radical (unpaired) electrons. The van der Waals surface area contributed by atoms with Crippen LogP contribution in [0.25, 0.3) is 10.2 Å². The Bertz CT molecular complexity index is 682. The van der Waals surface area contributed by atoms with Crippen LogP contribution in [0, 0.1) is 0 Å². The molecule has 1 N–H and O–H groups in total. The zero-order valence-electron chi connectivity index (χ0n) is 16.2. The van der Waals surface area contributed by atoms with Crippen molar-refractivity contribution in [1.29, 1.82) is 0 Å². The standard InChI is InChI=1S/C20H30N4O2S/c1-2-3-4-7-10-24(12-11-23-13-15-26-16-14-23)20(25)22-19-21-17-8-5-6-9-18(17)27-19/h5-6,8-9H,2-4,7,10-16H2,1H3,(H,21,22,25). The van der Waals surface area contributed by atoms with Crippen LogP contribution in [-0.2, 0) is 4.74 Å². The van der Waals surface area contributed by atoms with E-state index in [2.05, 4.69) is 22.1 Å². The molecule has 1 aromatic heterocycles. The van der Waals surface area contributed by atoms with Crippen molar-refractivity contribution in [2.75, 3.05) is 51.3 Å². The maximum Gasteiger partial charge on any atom is 0.323 e. The highest BCUT2D eigenvalue weighted by atomic mass is 32.1. The lowest BCUT2D eigenvalue weighted by Gasteiger charge is -2.30. The third-order valence-corrected chi connectivity index (χ3v) is 5.82. The van der Waals surface area contributed by atoms with E-state index in [4.69, 9.17) is 4.74 Å². The van der Waals surface area contributed by atoms with E-state index in [1.807, 2.05) is 29.2 Å². The largest absolute Gasteiger partial charge is 0.379 e. The summed E-state index contributed by atoms with van der Waals surface area (Å²) in [5.41, 5.74) is 0.931. The fraction of sp³-hybridized carbons (Fsp3) is 0.600. The number of hydrogen-bond acceptors (Lipinski definition) is 5. The number of carbonyl (C=O) groups is 1. The average molecular weight is 391 g/mol. The van der Waals surface area contributed by atoms with Crippen LogP contribution in [0.4, 0.5) is 9.93 Å². The van der Waals surface area contributed by atoms with E-state index >= 15 is 0 Å². The summed E-state index contributed by atoms with van der Waals surface area (Å²) in [5, 5.41) is 3.68. The highest BCUT2D eigenvalue weighted by Crippen LogP contribution is 2.25. The van der Waals surface area contributed by atoms with Gasteiger partial charge in [-0.25, -0.2) is 9.78 Å². The van der Waals surface area contributed by atoms with Crippen LogP contribution in [0.1, 0.15) is 32.6 Å². The topological polar surface area (TPSA) is 57.7 Å². The van der Waals surface area contributed by atoms with Crippen LogP contribution in [0.2, 0.25) is 0 Å². The maximum atomic E-state index is 12.9. The van der Waals surface area contributed by atoms with Crippen molar-refractivity contribution in [2.45, 2.75) is 32.6 Å². The van der Waals surface area contributed by atoms with Gasteiger partial charge in [0.25, 0.3) is 0 Å². The molecular weight excluding hydrogens is 360 g/mol. The molecule has 3 rings (SSSR count). The molecule has 0 unspecified atom stereocenters. The van der Waals surface area contributed by atoms with Crippen LogP contribution in [0.5, 0.6) is 0 Å². The minimum atomic E-state index is -0.0428. The number of aromatic nitrogens is 1. The quantitative estimate of drug-likeness (QED) is 0.657. The van der Waals surface area contributed by atoms with Crippen LogP contribution in [-0.4, -0.2) is 66.8 Å². The van der Waals surface area contributed by atoms with Gasteiger partial charge in [0.1, 0.15) is 0 Å². The van der Waals surface area contributed by atoms with E-state index in [-0.39, 0.29) is 6.03 Å². The normalized spacial score (nSPS) is 15.1. The smallest absolute Gasteiger partial charge is 0.323 e. The maximum absolute atomic E-state index is 12.9. The first-order valence-electron chi connectivity index (χ1n) is 9.98. The molecule has 148 valence electrons. The number of carbonyl (C=O) groups excluding carboxylic acids is 1. The summed E-state index contributed by atoms with van der Waals surface area (Å²) in [7, 11) is 0. The number of thiazole rings is 1. The minimum Gasteiger partial charge on any atom is -0.379 e. The second-order valence-electron chi connectivity index (χ2n) is 6.92. The van der Waals surface area contributed by atoms with Crippen LogP contribution >= 0.6 is 11.3 Å². The van der Waals surface area contributed by atoms with E-state index in [1.165, 1.54) is 30.6 Å². The Kier molecular flexibility index (Phi) is 7.86. The molecular formula is C20H30N4O2S. The highest BCUT2D eigenvalue weighted by Gasteiger charge is 2.18. The van der Waals surface area contributed by atoms with E-state index in [0.717, 1.165) is 62.6 Å². The summed E-state index contributed by atoms with van der Waals surface area (Å²) in [4.78, 5) is 21.7. The molecule has 2 heterocycles. The zero-order valence-corrected chi connectivity index (χ0v) is 17.0. The number of nitrogens with one attached hydrogen (secondary N) is 1. The van der Waals surface area contributed by atoms with Gasteiger partial charge >= 0.3 is 6.03 Å². The first-order valence-corrected chi connectivity index (χ1v) is 10.8. The van der Waals surface area contributed by atoms with Gasteiger partial charge in [0, 0.05) is 32.7 Å². The second-order valence-corrected chi connectivity index (χ2v) is 7.95. The summed E-state index contributed by atoms with van der Waals surface area (Å²) in [6, 6.07) is 7.93. The number of anilines is 1. The van der Waals surface area contributed by atoms with Crippen molar-refractivity contribution in [3.05, 3.63) is 24.3 Å². The Morgan fingerprint density at radius 1 is 1.22 bits per heavy atom. The number of ether oxygens (including phenoxy) is 1. The monoisotopic (exact) mass is 390 g/mol. The Morgan fingerprint density at radius 3 is 2.81 bits per heavy atom. The van der Waals surface area contributed by atoms with Crippen molar-refractivity contribution >= 4 is 32.7 Å². The summed E-state index contributed by atoms with van der Waals surface area (Å²) < 4.78 is 6.51. The van der Waals surface area contributed by atoms with Crippen LogP contribution < -0.4 is 5.32 Å². The summed E-state index contributed by atoms with van der Waals surface area (Å²) in [5.74, 6) is 0. The Labute approximate surface area is 165 Å². The average Bonchev–Trinajstić information content (AvgIpc) is 3.10. The van der Waals surface area contributed by atoms with E-state index in [9.17, 15) is 4.79 Å². The van der Waals surface area contributed by atoms with Crippen molar-refractivity contribution in [1.82, 2.24) is 14.8 Å². The number of rotatable bonds is 9. The first kappa shape index (κ1) is 20.0. The Morgan fingerprint density at radius 2 is 2.04 bits per heavy atom. The van der Waals surface area contributed by atoms with E-state index in [1.54, 1.807) is 0 Å². The number of fused-ring (bicyclic) bond motifs is 1. The van der Waals surface area contributed by atoms with Crippen molar-refractivity contribution < 1.29 is 9.53 Å². The van der Waals surface area contributed by atoms with Gasteiger partial charge < -0.3 is 9.64 Å². The minimum absolute atomic E-state index is 0.0428. The third kappa shape index (κ3) is 6.16. The number of para-hydroxylation sites is 1. The van der Waals surface area contributed by atoms with Gasteiger partial charge in [0.15, 0.2) is 5.13 Å². The lowest BCUT2D eigenvalue weighted by atomic mass is 10.2. The predicted molar refractivity (Wildman–Crippen MR) is 112 cm³/mol. The van der Waals surface area contributed by atoms with Crippen molar-refractivity contribution in [2.24, 2.45) is 0 Å². The van der Waals surface area contributed by atoms with Gasteiger partial charge in [-0.1, -0.05) is 49.7 Å². The van der Waals surface area contributed by atoms with Gasteiger partial charge in [0.05, 0.1) is 23.4 Å². The Balaban J connectivity index is 1.57. The molecule has 7 heteroatoms. The number of morpholine rings is 1. The molecule has 0 saturated carbocycles. The lowest BCUT2D eigenvalue weighted by Crippen LogP contribution is -2.44. The molecule has 0 spiro atoms. The number of nitrogens with zero attached hydrogens (tertiary/aromatic N) is 3. The zero-order chi connectivity index (χ0) is 18.9. The molecule has 1 saturated heterocycles. The first-order chi connectivity index (χ1) is 13.3. The SMILES string of the molecule is CCCCCCN(CCN1CCOCC1)C(=O)Nc1nc2ccccc2s1. The van der Waals surface area contributed by atoms with E-state index in [0.29, 0.717) is 5.13 Å². The number of amides is 2. The van der Waals surface area contributed by atoms with E-state index < -0.39 is 0 Å².